The Kier molecular flexibility index (Phi) is 4.41. The van der Waals surface area contributed by atoms with Gasteiger partial charge in [-0.2, -0.15) is 0 Å². The van der Waals surface area contributed by atoms with Gasteiger partial charge < -0.3 is 14.7 Å². The molecule has 1 atom stereocenters. The van der Waals surface area contributed by atoms with Crippen molar-refractivity contribution in [2.75, 3.05) is 19.7 Å². The molecule has 2 aromatic carbocycles. The number of amides is 1. The zero-order chi connectivity index (χ0) is 18.1. The van der Waals surface area contributed by atoms with E-state index in [0.717, 1.165) is 30.4 Å². The first-order chi connectivity index (χ1) is 12.5. The molecule has 2 aliphatic rings. The van der Waals surface area contributed by atoms with Gasteiger partial charge >= 0.3 is 6.09 Å². The quantitative estimate of drug-likeness (QED) is 0.862. The molecule has 2 aromatic rings. The molecule has 136 valence electrons. The van der Waals surface area contributed by atoms with Crippen LogP contribution in [-0.2, 0) is 4.74 Å². The van der Waals surface area contributed by atoms with Crippen LogP contribution in [-0.4, -0.2) is 41.4 Å². The third-order valence-corrected chi connectivity index (χ3v) is 5.69. The SMILES string of the molecule is O=C(O)N1CCC2(CC1)C[C@H](c1cccc(-c3ccc(F)cc3)c1)CO2. The summed E-state index contributed by atoms with van der Waals surface area (Å²) in [6.45, 7) is 1.75. The van der Waals surface area contributed by atoms with Crippen molar-refractivity contribution in [2.24, 2.45) is 0 Å². The predicted octanol–water partition coefficient (Wildman–Crippen LogP) is 4.51. The summed E-state index contributed by atoms with van der Waals surface area (Å²) in [6, 6.07) is 14.9. The molecular weight excluding hydrogens is 333 g/mol. The molecule has 4 rings (SSSR count). The topological polar surface area (TPSA) is 49.8 Å². The Hall–Kier alpha value is -2.40. The van der Waals surface area contributed by atoms with Crippen LogP contribution in [0.2, 0.25) is 0 Å². The number of likely N-dealkylation sites (tertiary alicyclic amines) is 1. The van der Waals surface area contributed by atoms with Crippen molar-refractivity contribution in [3.8, 4) is 11.1 Å². The Balaban J connectivity index is 1.48. The number of halogens is 1. The van der Waals surface area contributed by atoms with Crippen molar-refractivity contribution in [3.05, 3.63) is 59.9 Å². The van der Waals surface area contributed by atoms with E-state index in [1.54, 1.807) is 12.1 Å². The summed E-state index contributed by atoms with van der Waals surface area (Å²) < 4.78 is 19.3. The minimum atomic E-state index is -0.846. The maximum Gasteiger partial charge on any atom is 0.407 e. The van der Waals surface area contributed by atoms with Gasteiger partial charge in [0.25, 0.3) is 0 Å². The van der Waals surface area contributed by atoms with Gasteiger partial charge in [-0.25, -0.2) is 9.18 Å². The average Bonchev–Trinajstić information content (AvgIpc) is 3.06. The fourth-order valence-electron chi connectivity index (χ4n) is 4.13. The third-order valence-electron chi connectivity index (χ3n) is 5.69. The van der Waals surface area contributed by atoms with Gasteiger partial charge in [0.05, 0.1) is 12.2 Å². The molecule has 4 nitrogen and oxygen atoms in total. The lowest BCUT2D eigenvalue weighted by atomic mass is 9.83. The lowest BCUT2D eigenvalue weighted by Crippen LogP contribution is -2.45. The van der Waals surface area contributed by atoms with Gasteiger partial charge in [-0.15, -0.1) is 0 Å². The monoisotopic (exact) mass is 355 g/mol. The summed E-state index contributed by atoms with van der Waals surface area (Å²) in [4.78, 5) is 12.6. The van der Waals surface area contributed by atoms with Crippen molar-refractivity contribution in [2.45, 2.75) is 30.8 Å². The highest BCUT2D eigenvalue weighted by Gasteiger charge is 2.43. The molecule has 0 radical (unpaired) electrons. The zero-order valence-corrected chi connectivity index (χ0v) is 14.5. The Morgan fingerprint density at radius 2 is 1.85 bits per heavy atom. The van der Waals surface area contributed by atoms with Crippen LogP contribution >= 0.6 is 0 Å². The van der Waals surface area contributed by atoms with Gasteiger partial charge in [0.15, 0.2) is 0 Å². The minimum absolute atomic E-state index is 0.192. The van der Waals surface area contributed by atoms with Crippen molar-refractivity contribution >= 4 is 6.09 Å². The highest BCUT2D eigenvalue weighted by atomic mass is 19.1. The van der Waals surface area contributed by atoms with E-state index in [1.165, 1.54) is 22.6 Å². The Bertz CT molecular complexity index is 797. The Labute approximate surface area is 152 Å². The van der Waals surface area contributed by atoms with E-state index >= 15 is 0 Å². The molecule has 1 spiro atoms. The smallest absolute Gasteiger partial charge is 0.407 e. The molecule has 5 heteroatoms. The molecule has 1 N–H and O–H groups in total. The van der Waals surface area contributed by atoms with E-state index in [4.69, 9.17) is 9.84 Å². The number of benzene rings is 2. The summed E-state index contributed by atoms with van der Waals surface area (Å²) in [7, 11) is 0. The molecule has 0 saturated carbocycles. The van der Waals surface area contributed by atoms with Gasteiger partial charge in [-0.3, -0.25) is 0 Å². The molecule has 0 aliphatic carbocycles. The lowest BCUT2D eigenvalue weighted by molar-refractivity contribution is -0.0394. The molecule has 2 aliphatic heterocycles. The third kappa shape index (κ3) is 3.31. The summed E-state index contributed by atoms with van der Waals surface area (Å²) >= 11 is 0. The highest BCUT2D eigenvalue weighted by Crippen LogP contribution is 2.43. The second-order valence-electron chi connectivity index (χ2n) is 7.30. The van der Waals surface area contributed by atoms with Crippen molar-refractivity contribution in [1.29, 1.82) is 0 Å². The van der Waals surface area contributed by atoms with E-state index in [2.05, 4.69) is 12.1 Å². The number of carbonyl (C=O) groups is 1. The maximum absolute atomic E-state index is 13.2. The van der Waals surface area contributed by atoms with E-state index in [9.17, 15) is 9.18 Å². The Morgan fingerprint density at radius 1 is 1.12 bits per heavy atom. The fraction of sp³-hybridized carbons (Fsp3) is 0.381. The second kappa shape index (κ2) is 6.72. The number of nitrogens with zero attached hydrogens (tertiary/aromatic N) is 1. The second-order valence-corrected chi connectivity index (χ2v) is 7.30. The van der Waals surface area contributed by atoms with Gasteiger partial charge in [0, 0.05) is 19.0 Å². The van der Waals surface area contributed by atoms with Crippen LogP contribution in [0.1, 0.15) is 30.7 Å². The van der Waals surface area contributed by atoms with Crippen LogP contribution in [0.4, 0.5) is 9.18 Å². The number of hydrogen-bond donors (Lipinski definition) is 1. The molecule has 1 amide bonds. The standard InChI is InChI=1S/C21H22FNO3/c22-19-6-4-15(5-7-19)16-2-1-3-17(12-16)18-13-21(26-14-18)8-10-23(11-9-21)20(24)25/h1-7,12,18H,8-11,13-14H2,(H,24,25)/t18-/m0/s1. The van der Waals surface area contributed by atoms with Crippen molar-refractivity contribution in [1.82, 2.24) is 4.90 Å². The normalized spacial score (nSPS) is 21.9. The maximum atomic E-state index is 13.2. The zero-order valence-electron chi connectivity index (χ0n) is 14.5. The van der Waals surface area contributed by atoms with Crippen molar-refractivity contribution < 1.29 is 19.0 Å². The summed E-state index contributed by atoms with van der Waals surface area (Å²) in [6.07, 6.45) is 1.59. The molecule has 2 heterocycles. The van der Waals surface area contributed by atoms with E-state index in [0.29, 0.717) is 25.6 Å². The first-order valence-electron chi connectivity index (χ1n) is 9.02. The number of piperidine rings is 1. The van der Waals surface area contributed by atoms with Crippen LogP contribution in [0.3, 0.4) is 0 Å². The van der Waals surface area contributed by atoms with Gasteiger partial charge in [0.1, 0.15) is 5.82 Å². The molecular formula is C21H22FNO3. The fourth-order valence-corrected chi connectivity index (χ4v) is 4.13. The molecule has 2 fully saturated rings. The summed E-state index contributed by atoms with van der Waals surface area (Å²) in [5, 5.41) is 9.12. The van der Waals surface area contributed by atoms with Gasteiger partial charge in [0.2, 0.25) is 0 Å². The summed E-state index contributed by atoms with van der Waals surface area (Å²) in [5.41, 5.74) is 3.10. The minimum Gasteiger partial charge on any atom is -0.465 e. The molecule has 0 unspecified atom stereocenters. The number of carboxylic acid groups (broad SMARTS) is 1. The van der Waals surface area contributed by atoms with Crippen LogP contribution in [0, 0.1) is 5.82 Å². The molecule has 26 heavy (non-hydrogen) atoms. The van der Waals surface area contributed by atoms with Crippen LogP contribution in [0.25, 0.3) is 11.1 Å². The number of hydrogen-bond acceptors (Lipinski definition) is 2. The van der Waals surface area contributed by atoms with Crippen LogP contribution in [0.15, 0.2) is 48.5 Å². The number of ether oxygens (including phenoxy) is 1. The van der Waals surface area contributed by atoms with E-state index in [-0.39, 0.29) is 11.4 Å². The predicted molar refractivity (Wildman–Crippen MR) is 96.7 cm³/mol. The van der Waals surface area contributed by atoms with Gasteiger partial charge in [-0.1, -0.05) is 36.4 Å². The lowest BCUT2D eigenvalue weighted by Gasteiger charge is -2.37. The van der Waals surface area contributed by atoms with Crippen LogP contribution < -0.4 is 0 Å². The molecule has 0 aromatic heterocycles. The first-order valence-corrected chi connectivity index (χ1v) is 9.02. The summed E-state index contributed by atoms with van der Waals surface area (Å²) in [5.74, 6) is 0.0792. The molecule has 0 bridgehead atoms. The Morgan fingerprint density at radius 3 is 2.54 bits per heavy atom. The van der Waals surface area contributed by atoms with Crippen molar-refractivity contribution in [3.63, 3.8) is 0 Å². The highest BCUT2D eigenvalue weighted by molar-refractivity contribution is 5.65. The van der Waals surface area contributed by atoms with Crippen LogP contribution in [0.5, 0.6) is 0 Å². The average molecular weight is 355 g/mol. The molecule has 2 saturated heterocycles. The largest absolute Gasteiger partial charge is 0.465 e. The number of rotatable bonds is 2. The van der Waals surface area contributed by atoms with E-state index < -0.39 is 6.09 Å². The van der Waals surface area contributed by atoms with Gasteiger partial charge in [-0.05, 0) is 48.1 Å². The first kappa shape index (κ1) is 17.0. The van der Waals surface area contributed by atoms with E-state index in [1.807, 2.05) is 12.1 Å².